The van der Waals surface area contributed by atoms with E-state index in [-0.39, 0.29) is 11.7 Å². The predicted octanol–water partition coefficient (Wildman–Crippen LogP) is 2.05. The molecule has 7 nitrogen and oxygen atoms in total. The van der Waals surface area contributed by atoms with Crippen LogP contribution in [0.25, 0.3) is 11.3 Å². The van der Waals surface area contributed by atoms with Crippen LogP contribution in [0.15, 0.2) is 24.3 Å². The van der Waals surface area contributed by atoms with E-state index in [1.165, 1.54) is 16.8 Å². The van der Waals surface area contributed by atoms with E-state index < -0.39 is 17.5 Å². The molecule has 8 heteroatoms. The van der Waals surface area contributed by atoms with Gasteiger partial charge in [0.05, 0.1) is 11.4 Å². The summed E-state index contributed by atoms with van der Waals surface area (Å²) >= 11 is 0. The Morgan fingerprint density at radius 2 is 1.93 bits per heavy atom. The predicted molar refractivity (Wildman–Crippen MR) is 104 cm³/mol. The summed E-state index contributed by atoms with van der Waals surface area (Å²) in [5, 5.41) is 13.2. The number of nitrogens with zero attached hydrogens (tertiary/aromatic N) is 2. The fourth-order valence-corrected chi connectivity index (χ4v) is 3.36. The Balaban J connectivity index is 1.98. The molecular formula is C20H26FN5O2. The van der Waals surface area contributed by atoms with Crippen molar-refractivity contribution in [3.63, 3.8) is 0 Å². The quantitative estimate of drug-likeness (QED) is 0.752. The Morgan fingerprint density at radius 3 is 2.54 bits per heavy atom. The molecule has 1 atom stereocenters. The minimum absolute atomic E-state index is 0.262. The highest BCUT2D eigenvalue weighted by Crippen LogP contribution is 2.28. The molecule has 0 saturated carbocycles. The summed E-state index contributed by atoms with van der Waals surface area (Å²) in [5.74, 6) is -0.589. The largest absolute Gasteiger partial charge is 0.357 e. The minimum Gasteiger partial charge on any atom is -0.357 e. The SMILES string of the molecule is CNC(=O)[C@@H](NC(=O)n1nc(-c2ccc(F)cc2)c2c1CCNC2)C(C)(C)C. The topological polar surface area (TPSA) is 88.1 Å². The van der Waals surface area contributed by atoms with E-state index in [0.29, 0.717) is 18.7 Å². The molecule has 1 aromatic heterocycles. The third kappa shape index (κ3) is 3.91. The Hall–Kier alpha value is -2.74. The number of rotatable bonds is 3. The fraction of sp³-hybridized carbons (Fsp3) is 0.450. The first kappa shape index (κ1) is 20.0. The molecule has 150 valence electrons. The fourth-order valence-electron chi connectivity index (χ4n) is 3.36. The number of aromatic nitrogens is 2. The molecule has 3 rings (SSSR count). The van der Waals surface area contributed by atoms with Crippen molar-refractivity contribution in [2.45, 2.75) is 39.8 Å². The molecule has 28 heavy (non-hydrogen) atoms. The lowest BCUT2D eigenvalue weighted by Gasteiger charge is -2.29. The number of halogens is 1. The van der Waals surface area contributed by atoms with Crippen molar-refractivity contribution in [1.82, 2.24) is 25.7 Å². The van der Waals surface area contributed by atoms with E-state index in [9.17, 15) is 14.0 Å². The summed E-state index contributed by atoms with van der Waals surface area (Å²) < 4.78 is 14.6. The van der Waals surface area contributed by atoms with E-state index in [1.54, 1.807) is 19.2 Å². The number of hydrogen-bond donors (Lipinski definition) is 3. The van der Waals surface area contributed by atoms with Crippen LogP contribution in [0, 0.1) is 11.2 Å². The first-order chi connectivity index (χ1) is 13.2. The molecule has 0 aliphatic carbocycles. The first-order valence-corrected chi connectivity index (χ1v) is 9.32. The van der Waals surface area contributed by atoms with E-state index in [4.69, 9.17) is 0 Å². The summed E-state index contributed by atoms with van der Waals surface area (Å²) in [4.78, 5) is 25.3. The Labute approximate surface area is 163 Å². The van der Waals surface area contributed by atoms with Gasteiger partial charge in [0.2, 0.25) is 5.91 Å². The van der Waals surface area contributed by atoms with Crippen LogP contribution in [0.4, 0.5) is 9.18 Å². The Kier molecular flexibility index (Phi) is 5.51. The number of carbonyl (C=O) groups is 2. The molecule has 0 spiro atoms. The zero-order valence-corrected chi connectivity index (χ0v) is 16.6. The zero-order valence-electron chi connectivity index (χ0n) is 16.6. The number of benzene rings is 1. The summed E-state index contributed by atoms with van der Waals surface area (Å²) in [6.07, 6.45) is 0.636. The molecule has 1 aliphatic rings. The molecule has 0 saturated heterocycles. The number of carbonyl (C=O) groups excluding carboxylic acids is 2. The van der Waals surface area contributed by atoms with Gasteiger partial charge in [-0.1, -0.05) is 20.8 Å². The van der Waals surface area contributed by atoms with Gasteiger partial charge in [0.1, 0.15) is 11.9 Å². The second-order valence-corrected chi connectivity index (χ2v) is 7.98. The van der Waals surface area contributed by atoms with Crippen molar-refractivity contribution in [1.29, 1.82) is 0 Å². The maximum Gasteiger partial charge on any atom is 0.343 e. The van der Waals surface area contributed by atoms with Gasteiger partial charge in [-0.3, -0.25) is 4.79 Å². The van der Waals surface area contributed by atoms with Crippen molar-refractivity contribution in [3.8, 4) is 11.3 Å². The monoisotopic (exact) mass is 387 g/mol. The van der Waals surface area contributed by atoms with Crippen LogP contribution in [0.1, 0.15) is 32.0 Å². The first-order valence-electron chi connectivity index (χ1n) is 9.32. The summed E-state index contributed by atoms with van der Waals surface area (Å²) in [7, 11) is 1.54. The van der Waals surface area contributed by atoms with Crippen molar-refractivity contribution in [2.24, 2.45) is 5.41 Å². The lowest BCUT2D eigenvalue weighted by atomic mass is 9.86. The zero-order chi connectivity index (χ0) is 20.5. The minimum atomic E-state index is -0.708. The average Bonchev–Trinajstić information content (AvgIpc) is 3.05. The number of likely N-dealkylation sites (N-methyl/N-ethyl adjacent to an activating group) is 1. The molecular weight excluding hydrogens is 361 g/mol. The van der Waals surface area contributed by atoms with Crippen molar-refractivity contribution in [2.75, 3.05) is 13.6 Å². The van der Waals surface area contributed by atoms with Gasteiger partial charge in [-0.05, 0) is 29.7 Å². The highest BCUT2D eigenvalue weighted by Gasteiger charge is 2.34. The number of nitrogens with one attached hydrogen (secondary N) is 3. The van der Waals surface area contributed by atoms with Crippen molar-refractivity contribution < 1.29 is 14.0 Å². The van der Waals surface area contributed by atoms with Gasteiger partial charge in [-0.25, -0.2) is 9.18 Å². The normalized spacial score (nSPS) is 14.9. The molecule has 3 N–H and O–H groups in total. The Morgan fingerprint density at radius 1 is 1.25 bits per heavy atom. The molecule has 2 aromatic rings. The molecule has 1 aromatic carbocycles. The van der Waals surface area contributed by atoms with Gasteiger partial charge in [-0.2, -0.15) is 9.78 Å². The van der Waals surface area contributed by atoms with Gasteiger partial charge >= 0.3 is 6.03 Å². The average molecular weight is 387 g/mol. The standard InChI is InChI=1S/C20H26FN5O2/c1-20(2,3)17(18(27)22-4)24-19(28)26-15-9-10-23-11-14(15)16(25-26)12-5-7-13(21)8-6-12/h5-8,17,23H,9-11H2,1-4H3,(H,22,27)(H,24,28)/t17-/m1/s1. The van der Waals surface area contributed by atoms with Gasteiger partial charge in [0, 0.05) is 37.7 Å². The third-order valence-electron chi connectivity index (χ3n) is 4.88. The maximum absolute atomic E-state index is 13.3. The lowest BCUT2D eigenvalue weighted by Crippen LogP contribution is -2.54. The van der Waals surface area contributed by atoms with E-state index >= 15 is 0 Å². The van der Waals surface area contributed by atoms with Crippen LogP contribution < -0.4 is 16.0 Å². The molecule has 0 bridgehead atoms. The van der Waals surface area contributed by atoms with Gasteiger partial charge in [0.25, 0.3) is 0 Å². The van der Waals surface area contributed by atoms with E-state index in [2.05, 4.69) is 21.0 Å². The molecule has 2 heterocycles. The van der Waals surface area contributed by atoms with Gasteiger partial charge in [-0.15, -0.1) is 0 Å². The summed E-state index contributed by atoms with van der Waals surface area (Å²) in [6, 6.07) is 4.89. The Bertz CT molecular complexity index is 883. The maximum atomic E-state index is 13.3. The van der Waals surface area contributed by atoms with Crippen LogP contribution in [0.3, 0.4) is 0 Å². The van der Waals surface area contributed by atoms with Gasteiger partial charge < -0.3 is 16.0 Å². The van der Waals surface area contributed by atoms with Crippen LogP contribution in [-0.2, 0) is 17.8 Å². The number of fused-ring (bicyclic) bond motifs is 1. The summed E-state index contributed by atoms with van der Waals surface area (Å²) in [6.45, 7) is 6.97. The second-order valence-electron chi connectivity index (χ2n) is 7.98. The van der Waals surface area contributed by atoms with Crippen molar-refractivity contribution >= 4 is 11.9 Å². The molecule has 1 aliphatic heterocycles. The van der Waals surface area contributed by atoms with Crippen LogP contribution in [-0.4, -0.2) is 41.4 Å². The molecule has 2 amide bonds. The third-order valence-corrected chi connectivity index (χ3v) is 4.88. The highest BCUT2D eigenvalue weighted by atomic mass is 19.1. The second kappa shape index (κ2) is 7.71. The van der Waals surface area contributed by atoms with Gasteiger partial charge in [0.15, 0.2) is 0 Å². The molecule has 0 unspecified atom stereocenters. The molecule has 0 radical (unpaired) electrons. The number of hydrogen-bond acceptors (Lipinski definition) is 4. The highest BCUT2D eigenvalue weighted by molar-refractivity contribution is 5.88. The van der Waals surface area contributed by atoms with Crippen LogP contribution in [0.2, 0.25) is 0 Å². The van der Waals surface area contributed by atoms with Crippen LogP contribution in [0.5, 0.6) is 0 Å². The van der Waals surface area contributed by atoms with Crippen LogP contribution >= 0.6 is 0 Å². The lowest BCUT2D eigenvalue weighted by molar-refractivity contribution is -0.124. The van der Waals surface area contributed by atoms with Crippen molar-refractivity contribution in [3.05, 3.63) is 41.3 Å². The summed E-state index contributed by atoms with van der Waals surface area (Å²) in [5.41, 5.74) is 2.64. The van der Waals surface area contributed by atoms with E-state index in [1.807, 2.05) is 20.8 Å². The van der Waals surface area contributed by atoms with E-state index in [0.717, 1.165) is 23.4 Å². The number of amides is 2. The smallest absolute Gasteiger partial charge is 0.343 e. The molecule has 0 fully saturated rings.